The van der Waals surface area contributed by atoms with Gasteiger partial charge < -0.3 is 19.0 Å². The van der Waals surface area contributed by atoms with Crippen molar-refractivity contribution in [3.8, 4) is 0 Å². The molecule has 29 heavy (non-hydrogen) atoms. The number of aromatic nitrogens is 1. The normalized spacial score (nSPS) is 12.2. The summed E-state index contributed by atoms with van der Waals surface area (Å²) >= 11 is 4.43. The molecule has 1 atom stereocenters. The minimum atomic E-state index is -1.45. The van der Waals surface area contributed by atoms with Crippen LogP contribution in [0.2, 0.25) is 5.15 Å². The van der Waals surface area contributed by atoms with Crippen LogP contribution in [0.5, 0.6) is 0 Å². The average molecular weight is 435 g/mol. The lowest BCUT2D eigenvalue weighted by Crippen LogP contribution is -2.21. The monoisotopic (exact) mass is 434 g/mol. The lowest BCUT2D eigenvalue weighted by molar-refractivity contribution is 0.0691. The van der Waals surface area contributed by atoms with Gasteiger partial charge in [-0.05, 0) is 50.6 Å². The Morgan fingerprint density at radius 1 is 1.28 bits per heavy atom. The van der Waals surface area contributed by atoms with Crippen LogP contribution in [0.3, 0.4) is 0 Å². The van der Waals surface area contributed by atoms with Crippen LogP contribution >= 0.6 is 11.6 Å². The fraction of sp³-hybridized carbons (Fsp3) is 0.250. The molecular weight excluding hydrogens is 416 g/mol. The standard InChI is InChI=1S/C20H19ClN2O5S/c1-4-23(13-6-7-16(21)22-18(13)20(25)26)14-9-11(3)8-12-15(24)10-17(28-19(12)14)29(27)5-2/h6-10H,4-5H2,1-3H3,(H,25,26). The Kier molecular flexibility index (Phi) is 6.16. The zero-order valence-electron chi connectivity index (χ0n) is 16.1. The van der Waals surface area contributed by atoms with Crippen LogP contribution in [0.1, 0.15) is 29.9 Å². The van der Waals surface area contributed by atoms with Crippen molar-refractivity contribution < 1.29 is 18.9 Å². The molecule has 7 nitrogen and oxygen atoms in total. The van der Waals surface area contributed by atoms with Crippen LogP contribution in [-0.4, -0.2) is 32.9 Å². The number of rotatable bonds is 6. The molecule has 0 fully saturated rings. The Morgan fingerprint density at radius 3 is 2.62 bits per heavy atom. The van der Waals surface area contributed by atoms with Crippen LogP contribution < -0.4 is 10.3 Å². The highest BCUT2D eigenvalue weighted by Crippen LogP contribution is 2.35. The third-order valence-electron chi connectivity index (χ3n) is 4.36. The van der Waals surface area contributed by atoms with Crippen molar-refractivity contribution in [1.29, 1.82) is 0 Å². The van der Waals surface area contributed by atoms with Gasteiger partial charge in [0.05, 0.1) is 22.8 Å². The molecular formula is C20H19ClN2O5S. The zero-order valence-corrected chi connectivity index (χ0v) is 17.6. The number of halogens is 1. The van der Waals surface area contributed by atoms with Crippen molar-refractivity contribution in [1.82, 2.24) is 4.98 Å². The van der Waals surface area contributed by atoms with Gasteiger partial charge in [-0.2, -0.15) is 0 Å². The summed E-state index contributed by atoms with van der Waals surface area (Å²) in [5.41, 5.74) is 1.30. The molecule has 1 N–H and O–H groups in total. The predicted molar refractivity (Wildman–Crippen MR) is 113 cm³/mol. The first kappa shape index (κ1) is 21.2. The molecule has 1 unspecified atom stereocenters. The number of hydrogen-bond donors (Lipinski definition) is 1. The Balaban J connectivity index is 2.34. The number of hydrogen-bond acceptors (Lipinski definition) is 6. The minimum absolute atomic E-state index is 0.0588. The van der Waals surface area contributed by atoms with Gasteiger partial charge in [-0.3, -0.25) is 4.79 Å². The number of carbonyl (C=O) groups is 1. The van der Waals surface area contributed by atoms with E-state index in [-0.39, 0.29) is 27.0 Å². The van der Waals surface area contributed by atoms with Crippen molar-refractivity contribution in [3.63, 3.8) is 0 Å². The first-order valence-corrected chi connectivity index (χ1v) is 10.6. The summed E-state index contributed by atoms with van der Waals surface area (Å²) in [7, 11) is 0. The van der Waals surface area contributed by atoms with Crippen LogP contribution in [0, 0.1) is 6.92 Å². The van der Waals surface area contributed by atoms with Crippen molar-refractivity contribution in [2.24, 2.45) is 0 Å². The summed E-state index contributed by atoms with van der Waals surface area (Å²) in [6.07, 6.45) is 0. The Hall–Kier alpha value is -2.55. The largest absolute Gasteiger partial charge is 0.609 e. The molecule has 2 heterocycles. The third-order valence-corrected chi connectivity index (χ3v) is 5.74. The molecule has 0 saturated carbocycles. The summed E-state index contributed by atoms with van der Waals surface area (Å²) in [6.45, 7) is 5.76. The zero-order chi connectivity index (χ0) is 21.3. The number of fused-ring (bicyclic) bond motifs is 1. The number of aryl methyl sites for hydroxylation is 1. The maximum absolute atomic E-state index is 12.7. The van der Waals surface area contributed by atoms with E-state index in [9.17, 15) is 19.2 Å². The van der Waals surface area contributed by atoms with Gasteiger partial charge >= 0.3 is 11.1 Å². The van der Waals surface area contributed by atoms with Gasteiger partial charge in [0, 0.05) is 17.7 Å². The van der Waals surface area contributed by atoms with Gasteiger partial charge in [-0.1, -0.05) is 11.6 Å². The number of nitrogens with zero attached hydrogens (tertiary/aromatic N) is 2. The Bertz CT molecular complexity index is 1150. The van der Waals surface area contributed by atoms with E-state index in [4.69, 9.17) is 16.0 Å². The van der Waals surface area contributed by atoms with Gasteiger partial charge in [0.1, 0.15) is 10.9 Å². The Morgan fingerprint density at radius 2 is 2.00 bits per heavy atom. The Labute approximate surface area is 175 Å². The number of carboxylic acids is 1. The second kappa shape index (κ2) is 8.44. The first-order chi connectivity index (χ1) is 13.8. The molecule has 0 aliphatic carbocycles. The molecule has 2 aromatic heterocycles. The van der Waals surface area contributed by atoms with Gasteiger partial charge in [-0.15, -0.1) is 0 Å². The van der Waals surface area contributed by atoms with Crippen molar-refractivity contribution in [2.75, 3.05) is 17.2 Å². The van der Waals surface area contributed by atoms with Gasteiger partial charge in [0.2, 0.25) is 0 Å². The van der Waals surface area contributed by atoms with Crippen molar-refractivity contribution in [3.05, 3.63) is 57.0 Å². The number of carboxylic acid groups (broad SMARTS) is 1. The number of pyridine rings is 1. The van der Waals surface area contributed by atoms with Gasteiger partial charge in [0.25, 0.3) is 0 Å². The molecule has 0 amide bonds. The minimum Gasteiger partial charge on any atom is -0.609 e. The second-order valence-corrected chi connectivity index (χ2v) is 8.33. The van der Waals surface area contributed by atoms with Crippen molar-refractivity contribution in [2.45, 2.75) is 25.9 Å². The van der Waals surface area contributed by atoms with E-state index in [0.717, 1.165) is 5.56 Å². The summed E-state index contributed by atoms with van der Waals surface area (Å²) < 4.78 is 18.1. The topological polar surface area (TPSA) is 107 Å². The molecule has 0 aliphatic rings. The van der Waals surface area contributed by atoms with E-state index in [1.807, 2.05) is 13.8 Å². The SMILES string of the molecule is CCN(c1ccc(Cl)nc1C(=O)O)c1cc(C)cc2c(=O)cc([S+]([O-])CC)oc12. The predicted octanol–water partition coefficient (Wildman–Crippen LogP) is 4.13. The molecule has 0 spiro atoms. The molecule has 0 saturated heterocycles. The average Bonchev–Trinajstić information content (AvgIpc) is 2.69. The second-order valence-electron chi connectivity index (χ2n) is 6.28. The number of anilines is 2. The summed E-state index contributed by atoms with van der Waals surface area (Å²) in [5.74, 6) is -0.927. The molecule has 3 rings (SSSR count). The van der Waals surface area contributed by atoms with E-state index in [2.05, 4.69) is 4.98 Å². The lowest BCUT2D eigenvalue weighted by atomic mass is 10.1. The van der Waals surface area contributed by atoms with Crippen LogP contribution in [0.4, 0.5) is 11.4 Å². The van der Waals surface area contributed by atoms with Gasteiger partial charge in [-0.25, -0.2) is 9.78 Å². The van der Waals surface area contributed by atoms with E-state index in [1.165, 1.54) is 12.1 Å². The summed E-state index contributed by atoms with van der Waals surface area (Å²) in [6, 6.07) is 7.78. The maximum Gasteiger partial charge on any atom is 0.356 e. The first-order valence-electron chi connectivity index (χ1n) is 8.91. The molecule has 9 heteroatoms. The third kappa shape index (κ3) is 4.10. The van der Waals surface area contributed by atoms with E-state index >= 15 is 0 Å². The fourth-order valence-corrected chi connectivity index (χ4v) is 3.93. The molecule has 152 valence electrons. The summed E-state index contributed by atoms with van der Waals surface area (Å²) in [5, 5.41) is 10.0. The summed E-state index contributed by atoms with van der Waals surface area (Å²) in [4.78, 5) is 30.0. The molecule has 0 radical (unpaired) electrons. The molecule has 0 bridgehead atoms. The number of benzene rings is 1. The van der Waals surface area contributed by atoms with Crippen molar-refractivity contribution >= 4 is 51.1 Å². The van der Waals surface area contributed by atoms with E-state index in [0.29, 0.717) is 29.1 Å². The van der Waals surface area contributed by atoms with E-state index < -0.39 is 17.1 Å². The highest BCUT2D eigenvalue weighted by molar-refractivity contribution is 7.91. The maximum atomic E-state index is 12.7. The van der Waals surface area contributed by atoms with Crippen LogP contribution in [0.25, 0.3) is 11.0 Å². The quantitative estimate of drug-likeness (QED) is 0.459. The molecule has 1 aromatic carbocycles. The van der Waals surface area contributed by atoms with Gasteiger partial charge in [0.15, 0.2) is 16.7 Å². The fourth-order valence-electron chi connectivity index (χ4n) is 3.09. The lowest BCUT2D eigenvalue weighted by Gasteiger charge is -2.25. The van der Waals surface area contributed by atoms with E-state index in [1.54, 1.807) is 30.0 Å². The highest BCUT2D eigenvalue weighted by Gasteiger charge is 2.24. The smallest absolute Gasteiger partial charge is 0.356 e. The van der Waals surface area contributed by atoms with Crippen LogP contribution in [-0.2, 0) is 11.2 Å². The highest BCUT2D eigenvalue weighted by atomic mass is 35.5. The molecule has 0 aliphatic heterocycles. The van der Waals surface area contributed by atoms with Crippen LogP contribution in [0.15, 0.2) is 44.6 Å². The molecule has 3 aromatic rings. The number of aromatic carboxylic acids is 1.